The van der Waals surface area contributed by atoms with E-state index in [0.717, 1.165) is 5.69 Å². The second-order valence-electron chi connectivity index (χ2n) is 4.69. The van der Waals surface area contributed by atoms with E-state index >= 15 is 0 Å². The number of rotatable bonds is 3. The largest absolute Gasteiger partial charge is 0.272 e. The molecule has 0 saturated carbocycles. The number of hydrogen-bond donors (Lipinski definition) is 0. The van der Waals surface area contributed by atoms with E-state index in [-0.39, 0.29) is 5.91 Å². The summed E-state index contributed by atoms with van der Waals surface area (Å²) in [6.45, 7) is 1.81. The van der Waals surface area contributed by atoms with Gasteiger partial charge in [0.15, 0.2) is 4.32 Å². The molecule has 1 aliphatic rings. The molecule has 1 saturated heterocycles. The molecule has 1 fully saturated rings. The summed E-state index contributed by atoms with van der Waals surface area (Å²) in [6.07, 6.45) is 1.50. The number of hydrogen-bond acceptors (Lipinski definition) is 5. The molecule has 0 bridgehead atoms. The predicted molar refractivity (Wildman–Crippen MR) is 97.8 cm³/mol. The van der Waals surface area contributed by atoms with Gasteiger partial charge in [-0.15, -0.1) is 0 Å². The van der Waals surface area contributed by atoms with Gasteiger partial charge in [0.2, 0.25) is 0 Å². The fourth-order valence-corrected chi connectivity index (χ4v) is 3.48. The van der Waals surface area contributed by atoms with Crippen LogP contribution in [0.25, 0.3) is 5.69 Å². The minimum Gasteiger partial charge on any atom is -0.272 e. The van der Waals surface area contributed by atoms with Gasteiger partial charge in [0.1, 0.15) is 5.15 Å². The number of thiocarbonyl (C=S) groups is 1. The van der Waals surface area contributed by atoms with Crippen molar-refractivity contribution in [2.24, 2.45) is 5.10 Å². The Labute approximate surface area is 152 Å². The SMILES string of the molecule is Cc1nn(-c2cccc(Cl)c2)c(Cl)c1/C=N\N1C(=O)CSC1=S. The summed E-state index contributed by atoms with van der Waals surface area (Å²) >= 11 is 18.8. The Morgan fingerprint density at radius 2 is 2.22 bits per heavy atom. The molecule has 2 aromatic rings. The van der Waals surface area contributed by atoms with Gasteiger partial charge in [0.05, 0.1) is 28.9 Å². The average molecular weight is 385 g/mol. The highest BCUT2D eigenvalue weighted by Crippen LogP contribution is 2.25. The Kier molecular flexibility index (Phi) is 4.72. The van der Waals surface area contributed by atoms with Gasteiger partial charge in [-0.1, -0.05) is 53.2 Å². The van der Waals surface area contributed by atoms with Crippen LogP contribution in [0.15, 0.2) is 29.4 Å². The molecular weight excluding hydrogens is 375 g/mol. The first-order chi connectivity index (χ1) is 11.0. The molecule has 118 valence electrons. The van der Waals surface area contributed by atoms with Gasteiger partial charge in [-0.05, 0) is 25.1 Å². The van der Waals surface area contributed by atoms with Gasteiger partial charge < -0.3 is 0 Å². The van der Waals surface area contributed by atoms with E-state index in [0.29, 0.717) is 31.5 Å². The van der Waals surface area contributed by atoms with E-state index < -0.39 is 0 Å². The van der Waals surface area contributed by atoms with Gasteiger partial charge in [-0.2, -0.15) is 15.2 Å². The maximum Gasteiger partial charge on any atom is 0.259 e. The van der Waals surface area contributed by atoms with Crippen LogP contribution in [0.2, 0.25) is 10.2 Å². The molecule has 3 rings (SSSR count). The first-order valence-electron chi connectivity index (χ1n) is 6.52. The number of halogens is 2. The fourth-order valence-electron chi connectivity index (χ4n) is 2.01. The lowest BCUT2D eigenvalue weighted by Gasteiger charge is -2.06. The first kappa shape index (κ1) is 16.4. The molecule has 0 N–H and O–H groups in total. The quantitative estimate of drug-likeness (QED) is 0.598. The number of benzene rings is 1. The van der Waals surface area contributed by atoms with Crippen molar-refractivity contribution >= 4 is 63.6 Å². The van der Waals surface area contributed by atoms with E-state index in [9.17, 15) is 4.79 Å². The number of hydrazone groups is 1. The van der Waals surface area contributed by atoms with Gasteiger partial charge in [-0.3, -0.25) is 4.79 Å². The van der Waals surface area contributed by atoms with E-state index in [1.807, 2.05) is 19.1 Å². The standard InChI is InChI=1S/C14H10Cl2N4OS2/c1-8-11(6-17-20-12(21)7-23-14(20)22)13(16)19(18-8)10-4-2-3-9(15)5-10/h2-6H,7H2,1H3/b17-6-. The normalized spacial score (nSPS) is 15.2. The van der Waals surface area contributed by atoms with E-state index in [2.05, 4.69) is 10.2 Å². The minimum absolute atomic E-state index is 0.146. The molecule has 9 heteroatoms. The number of thioether (sulfide) groups is 1. The summed E-state index contributed by atoms with van der Waals surface area (Å²) in [5.41, 5.74) is 2.05. The van der Waals surface area contributed by atoms with Crippen LogP contribution in [0, 0.1) is 6.92 Å². The highest BCUT2D eigenvalue weighted by atomic mass is 35.5. The molecule has 0 atom stereocenters. The van der Waals surface area contributed by atoms with Crippen LogP contribution in [-0.4, -0.2) is 37.0 Å². The zero-order valence-corrected chi connectivity index (χ0v) is 15.0. The van der Waals surface area contributed by atoms with Gasteiger partial charge in [0.25, 0.3) is 5.91 Å². The highest BCUT2D eigenvalue weighted by molar-refractivity contribution is 8.23. The summed E-state index contributed by atoms with van der Waals surface area (Å²) in [4.78, 5) is 11.7. The Morgan fingerprint density at radius 3 is 2.87 bits per heavy atom. The Balaban J connectivity index is 1.95. The third-order valence-corrected chi connectivity index (χ3v) is 5.07. The van der Waals surface area contributed by atoms with E-state index in [1.54, 1.807) is 16.8 Å². The summed E-state index contributed by atoms with van der Waals surface area (Å²) in [7, 11) is 0. The summed E-state index contributed by atoms with van der Waals surface area (Å²) < 4.78 is 2.01. The smallest absolute Gasteiger partial charge is 0.259 e. The molecule has 23 heavy (non-hydrogen) atoms. The number of aromatic nitrogens is 2. The van der Waals surface area contributed by atoms with Crippen molar-refractivity contribution in [3.63, 3.8) is 0 Å². The molecule has 1 aliphatic heterocycles. The molecule has 1 amide bonds. The molecule has 0 spiro atoms. The Hall–Kier alpha value is -1.41. The molecule has 0 radical (unpaired) electrons. The predicted octanol–water partition coefficient (Wildman–Crippen LogP) is 3.68. The summed E-state index contributed by atoms with van der Waals surface area (Å²) in [5.74, 6) is 0.164. The second kappa shape index (κ2) is 6.60. The lowest BCUT2D eigenvalue weighted by atomic mass is 10.3. The molecule has 1 aromatic heterocycles. The second-order valence-corrected chi connectivity index (χ2v) is 7.09. The molecule has 0 aliphatic carbocycles. The van der Waals surface area contributed by atoms with E-state index in [1.165, 1.54) is 23.0 Å². The summed E-state index contributed by atoms with van der Waals surface area (Å²) in [6, 6.07) is 7.20. The zero-order valence-electron chi connectivity index (χ0n) is 11.9. The van der Waals surface area contributed by atoms with Crippen molar-refractivity contribution in [3.05, 3.63) is 45.7 Å². The first-order valence-corrected chi connectivity index (χ1v) is 8.67. The van der Waals surface area contributed by atoms with Gasteiger partial charge >= 0.3 is 0 Å². The van der Waals surface area contributed by atoms with Crippen LogP contribution in [0.1, 0.15) is 11.3 Å². The number of aryl methyl sites for hydroxylation is 1. The monoisotopic (exact) mass is 384 g/mol. The van der Waals surface area contributed by atoms with Crippen molar-refractivity contribution in [2.75, 3.05) is 5.75 Å². The molecular formula is C14H10Cl2N4OS2. The molecule has 2 heterocycles. The van der Waals surface area contributed by atoms with Crippen LogP contribution >= 0.6 is 47.2 Å². The Bertz CT molecular complexity index is 818. The van der Waals surface area contributed by atoms with Crippen molar-refractivity contribution < 1.29 is 4.79 Å². The van der Waals surface area contributed by atoms with Gasteiger partial charge in [0, 0.05) is 5.02 Å². The molecule has 5 nitrogen and oxygen atoms in total. The lowest BCUT2D eigenvalue weighted by Crippen LogP contribution is -2.22. The topological polar surface area (TPSA) is 50.5 Å². The highest BCUT2D eigenvalue weighted by Gasteiger charge is 2.26. The zero-order chi connectivity index (χ0) is 16.6. The third-order valence-electron chi connectivity index (χ3n) is 3.13. The van der Waals surface area contributed by atoms with Gasteiger partial charge in [-0.25, -0.2) is 4.68 Å². The van der Waals surface area contributed by atoms with Crippen LogP contribution < -0.4 is 0 Å². The van der Waals surface area contributed by atoms with Crippen LogP contribution in [0.3, 0.4) is 0 Å². The number of carbonyl (C=O) groups is 1. The van der Waals surface area contributed by atoms with Crippen molar-refractivity contribution in [1.82, 2.24) is 14.8 Å². The van der Waals surface area contributed by atoms with Crippen molar-refractivity contribution in [1.29, 1.82) is 0 Å². The number of amides is 1. The van der Waals surface area contributed by atoms with E-state index in [4.69, 9.17) is 35.4 Å². The third kappa shape index (κ3) is 3.28. The maximum absolute atomic E-state index is 11.7. The lowest BCUT2D eigenvalue weighted by molar-refractivity contribution is -0.123. The van der Waals surface area contributed by atoms with Crippen LogP contribution in [0.4, 0.5) is 0 Å². The molecule has 1 aromatic carbocycles. The van der Waals surface area contributed by atoms with Crippen LogP contribution in [-0.2, 0) is 4.79 Å². The summed E-state index contributed by atoms with van der Waals surface area (Å²) in [5, 5.41) is 10.7. The Morgan fingerprint density at radius 1 is 1.43 bits per heavy atom. The average Bonchev–Trinajstić information content (AvgIpc) is 2.98. The minimum atomic E-state index is -0.146. The number of carbonyl (C=O) groups excluding carboxylic acids is 1. The van der Waals surface area contributed by atoms with Crippen molar-refractivity contribution in [2.45, 2.75) is 6.92 Å². The van der Waals surface area contributed by atoms with Crippen molar-refractivity contribution in [3.8, 4) is 5.69 Å². The fraction of sp³-hybridized carbons (Fsp3) is 0.143. The number of nitrogens with zero attached hydrogens (tertiary/aromatic N) is 4. The maximum atomic E-state index is 11.7. The van der Waals surface area contributed by atoms with Crippen LogP contribution in [0.5, 0.6) is 0 Å². The molecule has 0 unspecified atom stereocenters.